The Bertz CT molecular complexity index is 730. The molecule has 1 atom stereocenters. The molecule has 0 spiro atoms. The average molecular weight is 332 g/mol. The van der Waals surface area contributed by atoms with E-state index in [0.717, 1.165) is 22.6 Å². The van der Waals surface area contributed by atoms with Crippen molar-refractivity contribution in [2.24, 2.45) is 10.8 Å². The number of nitrogens with one attached hydrogen (secondary N) is 1. The van der Waals surface area contributed by atoms with Gasteiger partial charge in [-0.3, -0.25) is 5.43 Å². The molecule has 0 aromatic heterocycles. The van der Waals surface area contributed by atoms with Crippen LogP contribution in [0.4, 0.5) is 0 Å². The molecule has 0 aliphatic carbocycles. The number of rotatable bonds is 2. The van der Waals surface area contributed by atoms with E-state index in [1.807, 2.05) is 48.5 Å². The lowest BCUT2D eigenvalue weighted by molar-refractivity contribution is 0.206. The summed E-state index contributed by atoms with van der Waals surface area (Å²) in [4.78, 5) is 0. The lowest BCUT2D eigenvalue weighted by Gasteiger charge is -2.27. The van der Waals surface area contributed by atoms with E-state index in [-0.39, 0.29) is 11.2 Å². The number of fused-ring (bicyclic) bond motifs is 1. The lowest BCUT2D eigenvalue weighted by Crippen LogP contribution is -2.28. The lowest BCUT2D eigenvalue weighted by atomic mass is 9.96. The van der Waals surface area contributed by atoms with Crippen LogP contribution in [0.1, 0.15) is 23.7 Å². The largest absolute Gasteiger partial charge is 0.485 e. The van der Waals surface area contributed by atoms with E-state index in [9.17, 15) is 0 Å². The maximum Gasteiger partial charge on any atom is 0.184 e. The molecule has 3 N–H and O–H groups in total. The Balaban J connectivity index is 1.95. The molecule has 1 aliphatic rings. The zero-order valence-corrected chi connectivity index (χ0v) is 13.2. The van der Waals surface area contributed by atoms with Gasteiger partial charge in [0, 0.05) is 17.0 Å². The molecule has 2 aromatic rings. The fourth-order valence-corrected chi connectivity index (χ4v) is 2.55. The average Bonchev–Trinajstić information content (AvgIpc) is 2.53. The van der Waals surface area contributed by atoms with Gasteiger partial charge in [0.2, 0.25) is 0 Å². The number of thiocarbonyl (C=S) groups is 1. The van der Waals surface area contributed by atoms with Gasteiger partial charge < -0.3 is 10.5 Å². The fourth-order valence-electron chi connectivity index (χ4n) is 2.38. The van der Waals surface area contributed by atoms with Crippen molar-refractivity contribution in [1.29, 1.82) is 0 Å². The maximum atomic E-state index is 6.08. The summed E-state index contributed by atoms with van der Waals surface area (Å²) in [6, 6.07) is 15.4. The highest BCUT2D eigenvalue weighted by Gasteiger charge is 2.26. The number of ether oxygens (including phenoxy) is 1. The first kappa shape index (κ1) is 14.8. The smallest absolute Gasteiger partial charge is 0.184 e. The van der Waals surface area contributed by atoms with Gasteiger partial charge in [-0.25, -0.2) is 0 Å². The van der Waals surface area contributed by atoms with Crippen molar-refractivity contribution < 1.29 is 4.74 Å². The Hall–Kier alpha value is -2.11. The van der Waals surface area contributed by atoms with E-state index in [0.29, 0.717) is 11.4 Å². The molecule has 0 radical (unpaired) electrons. The predicted molar refractivity (Wildman–Crippen MR) is 92.3 cm³/mol. The van der Waals surface area contributed by atoms with Crippen LogP contribution in [0.15, 0.2) is 53.6 Å². The summed E-state index contributed by atoms with van der Waals surface area (Å²) >= 11 is 10.8. The number of nitrogens with zero attached hydrogens (tertiary/aromatic N) is 1. The standard InChI is InChI=1S/C16H14ClN3OS/c17-11-7-5-10(6-8-11)15-9-13(19-20-16(18)22)12-3-1-2-4-14(12)21-15/h1-8,15H,9H2,(H3,18,20,22)/b19-13+/t15-/m1/s1. The van der Waals surface area contributed by atoms with Crippen molar-refractivity contribution in [2.75, 3.05) is 0 Å². The van der Waals surface area contributed by atoms with Crippen molar-refractivity contribution in [3.05, 3.63) is 64.7 Å². The second-order valence-electron chi connectivity index (χ2n) is 4.89. The number of nitrogens with two attached hydrogens (primary N) is 1. The van der Waals surface area contributed by atoms with Gasteiger partial charge in [0.15, 0.2) is 5.11 Å². The molecule has 112 valence electrons. The molecule has 0 bridgehead atoms. The predicted octanol–water partition coefficient (Wildman–Crippen LogP) is 3.40. The Morgan fingerprint density at radius 1 is 1.23 bits per heavy atom. The molecule has 22 heavy (non-hydrogen) atoms. The van der Waals surface area contributed by atoms with Crippen molar-refractivity contribution in [3.8, 4) is 5.75 Å². The first-order valence-electron chi connectivity index (χ1n) is 6.77. The minimum absolute atomic E-state index is 0.126. The third kappa shape index (κ3) is 3.21. The third-order valence-electron chi connectivity index (χ3n) is 3.39. The number of hydrazone groups is 1. The fraction of sp³-hybridized carbons (Fsp3) is 0.125. The summed E-state index contributed by atoms with van der Waals surface area (Å²) in [5.41, 5.74) is 11.0. The highest BCUT2D eigenvalue weighted by molar-refractivity contribution is 7.80. The summed E-state index contributed by atoms with van der Waals surface area (Å²) in [6.07, 6.45) is 0.493. The summed E-state index contributed by atoms with van der Waals surface area (Å²) in [5.74, 6) is 0.789. The normalized spacial score (nSPS) is 18.4. The molecule has 0 amide bonds. The highest BCUT2D eigenvalue weighted by atomic mass is 35.5. The molecule has 0 fully saturated rings. The summed E-state index contributed by atoms with van der Waals surface area (Å²) in [6.45, 7) is 0. The van der Waals surface area contributed by atoms with Crippen LogP contribution >= 0.6 is 23.8 Å². The van der Waals surface area contributed by atoms with Gasteiger partial charge in [0.05, 0.1) is 5.71 Å². The van der Waals surface area contributed by atoms with Crippen LogP contribution in [0.2, 0.25) is 5.02 Å². The van der Waals surface area contributed by atoms with Gasteiger partial charge in [-0.05, 0) is 42.0 Å². The summed E-state index contributed by atoms with van der Waals surface area (Å²) in [7, 11) is 0. The number of para-hydroxylation sites is 1. The van der Waals surface area contributed by atoms with Crippen LogP contribution in [-0.2, 0) is 0 Å². The summed E-state index contributed by atoms with van der Waals surface area (Å²) < 4.78 is 6.08. The molecule has 2 aromatic carbocycles. The van der Waals surface area contributed by atoms with Crippen LogP contribution in [-0.4, -0.2) is 10.8 Å². The van der Waals surface area contributed by atoms with E-state index >= 15 is 0 Å². The molecule has 0 saturated carbocycles. The molecule has 0 unspecified atom stereocenters. The number of hydrogen-bond acceptors (Lipinski definition) is 3. The molecule has 1 aliphatic heterocycles. The van der Waals surface area contributed by atoms with Gasteiger partial charge in [-0.1, -0.05) is 35.9 Å². The zero-order valence-electron chi connectivity index (χ0n) is 11.6. The second-order valence-corrected chi connectivity index (χ2v) is 5.77. The molecular formula is C16H14ClN3OS. The Kier molecular flexibility index (Phi) is 4.27. The Morgan fingerprint density at radius 3 is 2.68 bits per heavy atom. The van der Waals surface area contributed by atoms with E-state index in [1.165, 1.54) is 0 Å². The first-order chi connectivity index (χ1) is 10.6. The van der Waals surface area contributed by atoms with Crippen molar-refractivity contribution >= 4 is 34.6 Å². The van der Waals surface area contributed by atoms with E-state index < -0.39 is 0 Å². The van der Waals surface area contributed by atoms with E-state index in [4.69, 9.17) is 34.3 Å². The first-order valence-corrected chi connectivity index (χ1v) is 7.55. The molecule has 1 heterocycles. The third-order valence-corrected chi connectivity index (χ3v) is 3.73. The quantitative estimate of drug-likeness (QED) is 0.654. The van der Waals surface area contributed by atoms with Crippen LogP contribution in [0.5, 0.6) is 5.75 Å². The molecule has 4 nitrogen and oxygen atoms in total. The topological polar surface area (TPSA) is 59.6 Å². The van der Waals surface area contributed by atoms with Crippen molar-refractivity contribution in [2.45, 2.75) is 12.5 Å². The van der Waals surface area contributed by atoms with Gasteiger partial charge >= 0.3 is 0 Å². The minimum Gasteiger partial charge on any atom is -0.485 e. The maximum absolute atomic E-state index is 6.08. The summed E-state index contributed by atoms with van der Waals surface area (Å²) in [5, 5.41) is 5.15. The van der Waals surface area contributed by atoms with Crippen LogP contribution in [0, 0.1) is 0 Å². The zero-order chi connectivity index (χ0) is 15.5. The second kappa shape index (κ2) is 6.34. The molecular weight excluding hydrogens is 318 g/mol. The van der Waals surface area contributed by atoms with E-state index in [1.54, 1.807) is 0 Å². The van der Waals surface area contributed by atoms with Gasteiger partial charge in [0.25, 0.3) is 0 Å². The van der Waals surface area contributed by atoms with Crippen LogP contribution in [0.3, 0.4) is 0 Å². The monoisotopic (exact) mass is 331 g/mol. The minimum atomic E-state index is -0.126. The Labute approximate surface area is 138 Å². The van der Waals surface area contributed by atoms with Gasteiger partial charge in [-0.15, -0.1) is 0 Å². The molecule has 6 heteroatoms. The number of benzene rings is 2. The SMILES string of the molecule is NC(=S)N/N=C1\C[C@H](c2ccc(Cl)cc2)Oc2ccccc21. The molecule has 0 saturated heterocycles. The van der Waals surface area contributed by atoms with Crippen molar-refractivity contribution in [3.63, 3.8) is 0 Å². The molecule has 3 rings (SSSR count). The highest BCUT2D eigenvalue weighted by Crippen LogP contribution is 2.35. The van der Waals surface area contributed by atoms with E-state index in [2.05, 4.69) is 10.5 Å². The van der Waals surface area contributed by atoms with Crippen molar-refractivity contribution in [1.82, 2.24) is 5.43 Å². The van der Waals surface area contributed by atoms with Gasteiger partial charge in [0.1, 0.15) is 11.9 Å². The number of hydrogen-bond donors (Lipinski definition) is 2. The van der Waals surface area contributed by atoms with Crippen LogP contribution in [0.25, 0.3) is 0 Å². The number of halogens is 1. The van der Waals surface area contributed by atoms with Gasteiger partial charge in [-0.2, -0.15) is 5.10 Å². The Morgan fingerprint density at radius 2 is 1.95 bits per heavy atom. The van der Waals surface area contributed by atoms with Crippen LogP contribution < -0.4 is 15.9 Å².